The van der Waals surface area contributed by atoms with Crippen LogP contribution in [-0.4, -0.2) is 27.7 Å². The summed E-state index contributed by atoms with van der Waals surface area (Å²) in [7, 11) is 0. The number of H-pyrrole nitrogens is 1. The second-order valence-electron chi connectivity index (χ2n) is 7.87. The van der Waals surface area contributed by atoms with Gasteiger partial charge >= 0.3 is 0 Å². The fraction of sp³-hybridized carbons (Fsp3) is 0.217. The Morgan fingerprint density at radius 3 is 2.63 bits per heavy atom. The number of piperidine rings is 1. The van der Waals surface area contributed by atoms with Crippen LogP contribution >= 0.6 is 0 Å². The molecule has 7 heteroatoms. The predicted octanol–water partition coefficient (Wildman–Crippen LogP) is 4.68. The van der Waals surface area contributed by atoms with Gasteiger partial charge in [0.1, 0.15) is 17.3 Å². The minimum atomic E-state index is -0.761. The lowest BCUT2D eigenvalue weighted by Crippen LogP contribution is -2.32. The summed E-state index contributed by atoms with van der Waals surface area (Å²) >= 11 is 0. The summed E-state index contributed by atoms with van der Waals surface area (Å²) in [5.41, 5.74) is 2.00. The van der Waals surface area contributed by atoms with Crippen LogP contribution in [0.4, 0.5) is 14.5 Å². The number of rotatable bonds is 4. The lowest BCUT2D eigenvalue weighted by molar-refractivity contribution is -0.131. The molecule has 2 aromatic carbocycles. The summed E-state index contributed by atoms with van der Waals surface area (Å²) in [5.74, 6) is -1.63. The van der Waals surface area contributed by atoms with Gasteiger partial charge in [0, 0.05) is 40.8 Å². The Labute approximate surface area is 171 Å². The van der Waals surface area contributed by atoms with Crippen molar-refractivity contribution in [1.82, 2.24) is 9.88 Å². The number of halogens is 2. The van der Waals surface area contributed by atoms with Crippen molar-refractivity contribution in [3.05, 3.63) is 71.6 Å². The first-order valence-corrected chi connectivity index (χ1v) is 9.87. The third-order valence-electron chi connectivity index (χ3n) is 5.84. The molecule has 1 aliphatic heterocycles. The average Bonchev–Trinajstić information content (AvgIpc) is 3.40. The van der Waals surface area contributed by atoms with Gasteiger partial charge in [-0.1, -0.05) is 6.07 Å². The second-order valence-corrected chi connectivity index (χ2v) is 7.87. The third-order valence-corrected chi connectivity index (χ3v) is 5.84. The SMILES string of the molecule is O=C(Nc1cc(F)cc(F)c1)c1cc2cc(C=CN3C(=O)C4CCC3C4)ccc2[nH]1. The van der Waals surface area contributed by atoms with Crippen molar-refractivity contribution in [3.8, 4) is 0 Å². The minimum absolute atomic E-state index is 0.0457. The first kappa shape index (κ1) is 18.5. The molecule has 2 fully saturated rings. The van der Waals surface area contributed by atoms with E-state index in [0.717, 1.165) is 53.9 Å². The average molecular weight is 407 g/mol. The molecule has 1 saturated heterocycles. The van der Waals surface area contributed by atoms with Gasteiger partial charge in [0.2, 0.25) is 5.91 Å². The number of carbonyl (C=O) groups is 2. The van der Waals surface area contributed by atoms with E-state index in [1.165, 1.54) is 0 Å². The second kappa shape index (κ2) is 7.09. The number of hydrogen-bond donors (Lipinski definition) is 2. The maximum Gasteiger partial charge on any atom is 0.272 e. The number of nitrogens with one attached hydrogen (secondary N) is 2. The number of hydrogen-bond acceptors (Lipinski definition) is 2. The standard InChI is InChI=1S/C23H19F2N3O2/c24-16-10-17(25)12-18(11-16)26-22(29)21-9-15-7-13(1-4-20(15)27-21)5-6-28-19-3-2-14(8-19)23(28)30/h1,4-7,9-12,14,19,27H,2-3,8H2,(H,26,29). The van der Waals surface area contributed by atoms with Crippen molar-refractivity contribution >= 4 is 34.5 Å². The Morgan fingerprint density at radius 2 is 1.90 bits per heavy atom. The molecule has 152 valence electrons. The van der Waals surface area contributed by atoms with Gasteiger partial charge in [0.25, 0.3) is 5.91 Å². The van der Waals surface area contributed by atoms with E-state index < -0.39 is 17.5 Å². The molecule has 1 saturated carbocycles. The highest BCUT2D eigenvalue weighted by Gasteiger charge is 2.43. The first-order chi connectivity index (χ1) is 14.5. The number of carbonyl (C=O) groups excluding carboxylic acids is 2. The summed E-state index contributed by atoms with van der Waals surface area (Å²) < 4.78 is 26.6. The van der Waals surface area contributed by atoms with Crippen LogP contribution < -0.4 is 5.32 Å². The van der Waals surface area contributed by atoms with Crippen LogP contribution in [0.5, 0.6) is 0 Å². The monoisotopic (exact) mass is 407 g/mol. The van der Waals surface area contributed by atoms with E-state index >= 15 is 0 Å². The molecule has 1 aromatic heterocycles. The Balaban J connectivity index is 1.34. The van der Waals surface area contributed by atoms with E-state index in [9.17, 15) is 18.4 Å². The highest BCUT2D eigenvalue weighted by molar-refractivity contribution is 6.06. The zero-order chi connectivity index (χ0) is 20.8. The third kappa shape index (κ3) is 3.36. The normalized spacial score (nSPS) is 20.6. The molecule has 5 nitrogen and oxygen atoms in total. The molecule has 0 spiro atoms. The summed E-state index contributed by atoms with van der Waals surface area (Å²) in [6.45, 7) is 0. The Kier molecular flexibility index (Phi) is 4.38. The number of anilines is 1. The number of likely N-dealkylation sites (tertiary alicyclic amines) is 1. The van der Waals surface area contributed by atoms with Gasteiger partial charge in [-0.15, -0.1) is 0 Å². The van der Waals surface area contributed by atoms with Crippen LogP contribution in [-0.2, 0) is 4.79 Å². The highest BCUT2D eigenvalue weighted by Crippen LogP contribution is 2.38. The Hall–Kier alpha value is -3.48. The van der Waals surface area contributed by atoms with Crippen LogP contribution in [0.2, 0.25) is 0 Å². The largest absolute Gasteiger partial charge is 0.351 e. The summed E-state index contributed by atoms with van der Waals surface area (Å²) in [6, 6.07) is 10.5. The molecule has 0 radical (unpaired) electrons. The van der Waals surface area contributed by atoms with E-state index in [1.807, 2.05) is 35.4 Å². The van der Waals surface area contributed by atoms with Crippen LogP contribution in [0.1, 0.15) is 35.3 Å². The van der Waals surface area contributed by atoms with Gasteiger partial charge in [0.05, 0.1) is 0 Å². The van der Waals surface area contributed by atoms with Crippen LogP contribution in [0.25, 0.3) is 17.0 Å². The topological polar surface area (TPSA) is 65.2 Å². The number of aromatic amines is 1. The van der Waals surface area contributed by atoms with Crippen LogP contribution in [0.3, 0.4) is 0 Å². The first-order valence-electron chi connectivity index (χ1n) is 9.87. The Bertz CT molecular complexity index is 1180. The maximum absolute atomic E-state index is 13.3. The molecule has 2 heterocycles. The molecule has 2 atom stereocenters. The lowest BCUT2D eigenvalue weighted by Gasteiger charge is -2.23. The van der Waals surface area contributed by atoms with Gasteiger partial charge in [0.15, 0.2) is 0 Å². The van der Waals surface area contributed by atoms with Crippen LogP contribution in [0, 0.1) is 17.6 Å². The van der Waals surface area contributed by atoms with Crippen molar-refractivity contribution in [2.24, 2.45) is 5.92 Å². The fourth-order valence-corrected chi connectivity index (χ4v) is 4.39. The predicted molar refractivity (Wildman–Crippen MR) is 110 cm³/mol. The van der Waals surface area contributed by atoms with Crippen molar-refractivity contribution in [2.45, 2.75) is 25.3 Å². The van der Waals surface area contributed by atoms with Gasteiger partial charge in [-0.25, -0.2) is 8.78 Å². The molecule has 1 aliphatic carbocycles. The fourth-order valence-electron chi connectivity index (χ4n) is 4.39. The number of amides is 2. The zero-order valence-corrected chi connectivity index (χ0v) is 16.0. The quantitative estimate of drug-likeness (QED) is 0.660. The summed E-state index contributed by atoms with van der Waals surface area (Å²) in [6.07, 6.45) is 6.77. The number of fused-ring (bicyclic) bond motifs is 3. The maximum atomic E-state index is 13.3. The molecule has 3 aromatic rings. The molecule has 2 bridgehead atoms. The van der Waals surface area contributed by atoms with Crippen LogP contribution in [0.15, 0.2) is 48.7 Å². The van der Waals surface area contributed by atoms with Gasteiger partial charge in [-0.3, -0.25) is 9.59 Å². The number of aromatic nitrogens is 1. The summed E-state index contributed by atoms with van der Waals surface area (Å²) in [4.78, 5) is 29.6. The highest BCUT2D eigenvalue weighted by atomic mass is 19.1. The molecule has 2 unspecified atom stereocenters. The molecule has 2 aliphatic rings. The smallest absolute Gasteiger partial charge is 0.272 e. The number of benzene rings is 2. The minimum Gasteiger partial charge on any atom is -0.351 e. The van der Waals surface area contributed by atoms with Gasteiger partial charge < -0.3 is 15.2 Å². The van der Waals surface area contributed by atoms with E-state index in [2.05, 4.69) is 10.3 Å². The molecule has 30 heavy (non-hydrogen) atoms. The molecular formula is C23H19F2N3O2. The van der Waals surface area contributed by atoms with E-state index in [-0.39, 0.29) is 23.2 Å². The number of nitrogens with zero attached hydrogens (tertiary/aromatic N) is 1. The molecule has 2 N–H and O–H groups in total. The zero-order valence-electron chi connectivity index (χ0n) is 16.0. The van der Waals surface area contributed by atoms with Gasteiger partial charge in [-0.05, 0) is 61.2 Å². The van der Waals surface area contributed by atoms with Crippen molar-refractivity contribution < 1.29 is 18.4 Å². The van der Waals surface area contributed by atoms with E-state index in [1.54, 1.807) is 6.07 Å². The molecular weight excluding hydrogens is 388 g/mol. The Morgan fingerprint density at radius 1 is 1.10 bits per heavy atom. The van der Waals surface area contributed by atoms with Crippen molar-refractivity contribution in [2.75, 3.05) is 5.32 Å². The lowest BCUT2D eigenvalue weighted by atomic mass is 10.1. The molecule has 2 amide bonds. The van der Waals surface area contributed by atoms with Crippen molar-refractivity contribution in [1.29, 1.82) is 0 Å². The van der Waals surface area contributed by atoms with Gasteiger partial charge in [-0.2, -0.15) is 0 Å². The van der Waals surface area contributed by atoms with E-state index in [0.29, 0.717) is 6.04 Å². The summed E-state index contributed by atoms with van der Waals surface area (Å²) in [5, 5.41) is 3.31. The molecule has 5 rings (SSSR count). The van der Waals surface area contributed by atoms with Crippen molar-refractivity contribution in [3.63, 3.8) is 0 Å². The van der Waals surface area contributed by atoms with E-state index in [4.69, 9.17) is 0 Å².